The van der Waals surface area contributed by atoms with Gasteiger partial charge < -0.3 is 15.2 Å². The van der Waals surface area contributed by atoms with Gasteiger partial charge in [-0.2, -0.15) is 0 Å². The summed E-state index contributed by atoms with van der Waals surface area (Å²) in [6, 6.07) is 4.90. The first-order valence-electron chi connectivity index (χ1n) is 6.70. The molecule has 0 aromatic heterocycles. The Hall–Kier alpha value is -1.43. The van der Waals surface area contributed by atoms with Crippen LogP contribution in [0.2, 0.25) is 0 Å². The summed E-state index contributed by atoms with van der Waals surface area (Å²) in [5, 5.41) is 11.6. The van der Waals surface area contributed by atoms with Crippen molar-refractivity contribution in [3.63, 3.8) is 0 Å². The second kappa shape index (κ2) is 7.54. The van der Waals surface area contributed by atoms with E-state index in [1.165, 1.54) is 6.07 Å². The van der Waals surface area contributed by atoms with Gasteiger partial charge in [0, 0.05) is 18.7 Å². The van der Waals surface area contributed by atoms with E-state index in [1.807, 2.05) is 6.92 Å². The number of carboxylic acids is 1. The number of carbonyl (C=O) groups is 2. The van der Waals surface area contributed by atoms with Gasteiger partial charge in [0.15, 0.2) is 0 Å². The van der Waals surface area contributed by atoms with Crippen molar-refractivity contribution in [1.82, 2.24) is 0 Å². The van der Waals surface area contributed by atoms with Gasteiger partial charge in [-0.1, -0.05) is 6.92 Å². The van der Waals surface area contributed by atoms with Crippen LogP contribution in [0.15, 0.2) is 22.7 Å². The highest BCUT2D eigenvalue weighted by Crippen LogP contribution is 2.47. The van der Waals surface area contributed by atoms with Crippen LogP contribution in [0, 0.1) is 17.2 Å². The van der Waals surface area contributed by atoms with Crippen molar-refractivity contribution in [1.29, 1.82) is 0 Å². The number of benzene rings is 1. The van der Waals surface area contributed by atoms with Crippen molar-refractivity contribution >= 4 is 33.9 Å². The van der Waals surface area contributed by atoms with Gasteiger partial charge in [0.1, 0.15) is 12.1 Å². The lowest BCUT2D eigenvalue weighted by molar-refractivity contribution is -0.159. The molecule has 2 N–H and O–H groups in total. The van der Waals surface area contributed by atoms with E-state index in [-0.39, 0.29) is 11.7 Å². The lowest BCUT2D eigenvalue weighted by atomic mass is 9.61. The van der Waals surface area contributed by atoms with Crippen molar-refractivity contribution in [3.8, 4) is 0 Å². The Bertz CT molecular complexity index is 516. The maximum atomic E-state index is 12.7. The van der Waals surface area contributed by atoms with Crippen molar-refractivity contribution in [3.05, 3.63) is 28.5 Å². The van der Waals surface area contributed by atoms with Gasteiger partial charge in [0.2, 0.25) is 0 Å². The van der Waals surface area contributed by atoms with Crippen molar-refractivity contribution in [2.45, 2.75) is 26.2 Å². The van der Waals surface area contributed by atoms with Crippen LogP contribution in [-0.2, 0) is 9.59 Å². The molecule has 1 aromatic carbocycles. The fourth-order valence-corrected chi connectivity index (χ4v) is 2.55. The highest BCUT2D eigenvalue weighted by Gasteiger charge is 2.48. The van der Waals surface area contributed by atoms with Crippen molar-refractivity contribution in [2.75, 3.05) is 12.4 Å². The molecule has 1 aromatic rings. The van der Waals surface area contributed by atoms with Crippen LogP contribution in [-0.4, -0.2) is 24.4 Å². The Labute approximate surface area is 131 Å². The zero-order chi connectivity index (χ0) is 16.0. The van der Waals surface area contributed by atoms with Gasteiger partial charge in [-0.25, -0.2) is 4.39 Å². The maximum Gasteiger partial charge on any atom is 0.309 e. The van der Waals surface area contributed by atoms with Crippen molar-refractivity contribution < 1.29 is 19.1 Å². The van der Waals surface area contributed by atoms with Crippen LogP contribution >= 0.6 is 15.9 Å². The van der Waals surface area contributed by atoms with Crippen LogP contribution in [0.5, 0.6) is 0 Å². The molecule has 0 aliphatic heterocycles. The second-order valence-corrected chi connectivity index (χ2v) is 5.98. The lowest BCUT2D eigenvalue weighted by Crippen LogP contribution is -2.43. The number of nitrogens with one attached hydrogen (secondary N) is 1. The monoisotopic (exact) mass is 359 g/mol. The molecule has 1 fully saturated rings. The second-order valence-electron chi connectivity index (χ2n) is 5.12. The fourth-order valence-electron chi connectivity index (χ4n) is 2.31. The van der Waals surface area contributed by atoms with Crippen LogP contribution in [0.3, 0.4) is 0 Å². The molecule has 1 aliphatic carbocycles. The van der Waals surface area contributed by atoms with Gasteiger partial charge in [0.25, 0.3) is 0 Å². The Balaban J connectivity index is 0.000000211. The Morgan fingerprint density at radius 1 is 1.57 bits per heavy atom. The van der Waals surface area contributed by atoms with Gasteiger partial charge >= 0.3 is 5.97 Å². The molecule has 21 heavy (non-hydrogen) atoms. The molecule has 0 heterocycles. The highest BCUT2D eigenvalue weighted by atomic mass is 79.9. The first-order chi connectivity index (χ1) is 9.88. The van der Waals surface area contributed by atoms with Gasteiger partial charge in [-0.05, 0) is 53.4 Å². The summed E-state index contributed by atoms with van der Waals surface area (Å²) in [6.07, 6.45) is 2.55. The van der Waals surface area contributed by atoms with Gasteiger partial charge in [-0.15, -0.1) is 0 Å². The van der Waals surface area contributed by atoms with E-state index in [0.717, 1.165) is 12.0 Å². The van der Waals surface area contributed by atoms with Crippen LogP contribution in [0.1, 0.15) is 26.2 Å². The summed E-state index contributed by atoms with van der Waals surface area (Å²) in [7, 11) is 1.75. The molecule has 0 spiro atoms. The molecule has 1 aliphatic rings. The quantitative estimate of drug-likeness (QED) is 0.804. The smallest absolute Gasteiger partial charge is 0.309 e. The normalized spacial score (nSPS) is 23.3. The minimum Gasteiger partial charge on any atom is -0.481 e. The summed E-state index contributed by atoms with van der Waals surface area (Å²) < 4.78 is 13.2. The molecule has 0 amide bonds. The van der Waals surface area contributed by atoms with E-state index in [9.17, 15) is 14.0 Å². The topological polar surface area (TPSA) is 66.4 Å². The molecule has 0 atom stereocenters. The van der Waals surface area contributed by atoms with Crippen LogP contribution in [0.4, 0.5) is 10.1 Å². The van der Waals surface area contributed by atoms with Gasteiger partial charge in [0.05, 0.1) is 9.89 Å². The number of aldehydes is 1. The summed E-state index contributed by atoms with van der Waals surface area (Å²) in [5.74, 6) is -1.00. The Morgan fingerprint density at radius 2 is 2.19 bits per heavy atom. The molecule has 0 saturated heterocycles. The minimum absolute atomic E-state index is 0.00829. The standard InChI is InChI=1S/C8H12O3.C7H7BrFN/c1-2-8(7(10)11)3-6(4-8)5-9;1-10-5-2-3-6(8)7(9)4-5/h5-6H,2-4H2,1H3,(H,10,11);2-4,10H,1H3. The summed E-state index contributed by atoms with van der Waals surface area (Å²) in [5.41, 5.74) is 0.201. The number of aliphatic carboxylic acids is 1. The van der Waals surface area contributed by atoms with Crippen molar-refractivity contribution in [2.24, 2.45) is 11.3 Å². The summed E-state index contributed by atoms with van der Waals surface area (Å²) >= 11 is 3.06. The molecule has 1 saturated carbocycles. The van der Waals surface area contributed by atoms with E-state index in [2.05, 4.69) is 21.2 Å². The minimum atomic E-state index is -0.752. The summed E-state index contributed by atoms with van der Waals surface area (Å²) in [6.45, 7) is 1.86. The zero-order valence-electron chi connectivity index (χ0n) is 12.0. The maximum absolute atomic E-state index is 12.7. The molecular weight excluding hydrogens is 341 g/mol. The predicted octanol–water partition coefficient (Wildman–Crippen LogP) is 3.71. The predicted molar refractivity (Wildman–Crippen MR) is 82.8 cm³/mol. The van der Waals surface area contributed by atoms with E-state index in [4.69, 9.17) is 5.11 Å². The first kappa shape index (κ1) is 17.6. The number of carbonyl (C=O) groups excluding carboxylic acids is 1. The van der Waals surface area contributed by atoms with E-state index in [0.29, 0.717) is 23.7 Å². The molecule has 2 rings (SSSR count). The molecule has 0 radical (unpaired) electrons. The van der Waals surface area contributed by atoms with E-state index < -0.39 is 11.4 Å². The number of anilines is 1. The number of halogens is 2. The zero-order valence-corrected chi connectivity index (χ0v) is 13.6. The third-order valence-electron chi connectivity index (χ3n) is 3.84. The molecule has 116 valence electrons. The molecule has 0 unspecified atom stereocenters. The largest absolute Gasteiger partial charge is 0.481 e. The molecule has 6 heteroatoms. The fraction of sp³-hybridized carbons (Fsp3) is 0.467. The number of carboxylic acid groups (broad SMARTS) is 1. The third kappa shape index (κ3) is 4.27. The Morgan fingerprint density at radius 3 is 2.57 bits per heavy atom. The van der Waals surface area contributed by atoms with E-state index in [1.54, 1.807) is 19.2 Å². The highest BCUT2D eigenvalue weighted by molar-refractivity contribution is 9.10. The third-order valence-corrected chi connectivity index (χ3v) is 4.48. The molecular formula is C15H19BrFNO3. The first-order valence-corrected chi connectivity index (χ1v) is 7.49. The Kier molecular flexibility index (Phi) is 6.33. The molecule has 4 nitrogen and oxygen atoms in total. The van der Waals surface area contributed by atoms with Gasteiger partial charge in [-0.3, -0.25) is 4.79 Å². The van der Waals surface area contributed by atoms with Crippen LogP contribution < -0.4 is 5.32 Å². The number of rotatable bonds is 4. The number of hydrogen-bond donors (Lipinski definition) is 2. The average Bonchev–Trinajstić information content (AvgIpc) is 2.42. The SMILES string of the molecule is CCC1(C(=O)O)CC(C=O)C1.CNc1ccc(Br)c(F)c1. The summed E-state index contributed by atoms with van der Waals surface area (Å²) in [4.78, 5) is 20.9. The van der Waals surface area contributed by atoms with E-state index >= 15 is 0 Å². The molecule has 0 bridgehead atoms. The number of hydrogen-bond acceptors (Lipinski definition) is 3. The average molecular weight is 360 g/mol. The lowest BCUT2D eigenvalue weighted by Gasteiger charge is -2.41. The van der Waals surface area contributed by atoms with Crippen LogP contribution in [0.25, 0.3) is 0 Å².